The fraction of sp³-hybridized carbons (Fsp3) is 0.538. The Hall–Kier alpha value is -1.76. The predicted molar refractivity (Wildman–Crippen MR) is 80.5 cm³/mol. The number of piperazine rings is 1. The maximum atomic E-state index is 4.30. The van der Waals surface area contributed by atoms with E-state index >= 15 is 0 Å². The van der Waals surface area contributed by atoms with E-state index in [1.54, 1.807) is 23.7 Å². The van der Waals surface area contributed by atoms with Crippen molar-refractivity contribution in [2.75, 3.05) is 36.0 Å². The van der Waals surface area contributed by atoms with Crippen LogP contribution in [0.5, 0.6) is 0 Å². The van der Waals surface area contributed by atoms with Crippen molar-refractivity contribution in [1.82, 2.24) is 20.2 Å². The Bertz CT molecular complexity index is 547. The molecule has 1 aliphatic rings. The number of hydrogen-bond acceptors (Lipinski definition) is 7. The first-order valence-corrected chi connectivity index (χ1v) is 7.66. The Kier molecular flexibility index (Phi) is 3.77. The molecule has 7 heteroatoms. The molecule has 20 heavy (non-hydrogen) atoms. The highest BCUT2D eigenvalue weighted by Gasteiger charge is 2.21. The second-order valence-electron chi connectivity index (χ2n) is 5.10. The Balaban J connectivity index is 1.63. The zero-order chi connectivity index (χ0) is 13.9. The first kappa shape index (κ1) is 13.2. The highest BCUT2D eigenvalue weighted by molar-refractivity contribution is 7.15. The quantitative estimate of drug-likeness (QED) is 0.859. The lowest BCUT2D eigenvalue weighted by atomic mass is 10.2. The molecule has 1 fully saturated rings. The molecule has 3 rings (SSSR count). The molecule has 3 heterocycles. The van der Waals surface area contributed by atoms with Crippen LogP contribution in [0.15, 0.2) is 18.5 Å². The van der Waals surface area contributed by atoms with Crippen LogP contribution in [-0.4, -0.2) is 46.3 Å². The molecular formula is C13H18N6S. The average Bonchev–Trinajstić information content (AvgIpc) is 2.98. The lowest BCUT2D eigenvalue weighted by molar-refractivity contribution is 0.636. The minimum absolute atomic E-state index is 0.445. The Morgan fingerprint density at radius 2 is 1.65 bits per heavy atom. The third-order valence-electron chi connectivity index (χ3n) is 3.31. The van der Waals surface area contributed by atoms with E-state index in [1.807, 2.05) is 6.07 Å². The van der Waals surface area contributed by atoms with Crippen LogP contribution >= 0.6 is 11.3 Å². The van der Waals surface area contributed by atoms with Gasteiger partial charge in [-0.3, -0.25) is 0 Å². The third kappa shape index (κ3) is 2.72. The molecule has 0 saturated carbocycles. The second kappa shape index (κ2) is 5.70. The standard InChI is InChI=1S/C13H18N6S/c1-10(2)11-16-17-13(20-11)19-8-6-18(7-9-19)12-14-4-3-5-15-12/h3-5,10H,6-9H2,1-2H3. The molecule has 0 spiro atoms. The highest BCUT2D eigenvalue weighted by Crippen LogP contribution is 2.26. The Morgan fingerprint density at radius 3 is 2.25 bits per heavy atom. The van der Waals surface area contributed by atoms with Crippen molar-refractivity contribution in [3.05, 3.63) is 23.5 Å². The van der Waals surface area contributed by atoms with E-state index < -0.39 is 0 Å². The number of aromatic nitrogens is 4. The maximum absolute atomic E-state index is 4.30. The van der Waals surface area contributed by atoms with E-state index in [0.29, 0.717) is 5.92 Å². The van der Waals surface area contributed by atoms with Crippen LogP contribution in [0.1, 0.15) is 24.8 Å². The van der Waals surface area contributed by atoms with Crippen molar-refractivity contribution in [3.8, 4) is 0 Å². The summed E-state index contributed by atoms with van der Waals surface area (Å²) in [6.07, 6.45) is 3.57. The molecule has 0 aromatic carbocycles. The summed E-state index contributed by atoms with van der Waals surface area (Å²) in [5.74, 6) is 1.26. The van der Waals surface area contributed by atoms with Crippen molar-refractivity contribution >= 4 is 22.4 Å². The van der Waals surface area contributed by atoms with Gasteiger partial charge in [0.15, 0.2) is 0 Å². The van der Waals surface area contributed by atoms with Gasteiger partial charge in [0.05, 0.1) is 0 Å². The van der Waals surface area contributed by atoms with Gasteiger partial charge in [0.2, 0.25) is 11.1 Å². The van der Waals surface area contributed by atoms with Crippen molar-refractivity contribution in [2.45, 2.75) is 19.8 Å². The predicted octanol–water partition coefficient (Wildman–Crippen LogP) is 1.78. The molecule has 1 aliphatic heterocycles. The van der Waals surface area contributed by atoms with E-state index in [1.165, 1.54) is 0 Å². The summed E-state index contributed by atoms with van der Waals surface area (Å²) in [4.78, 5) is 13.1. The van der Waals surface area contributed by atoms with Crippen molar-refractivity contribution in [1.29, 1.82) is 0 Å². The number of rotatable bonds is 3. The molecule has 2 aromatic rings. The van der Waals surface area contributed by atoms with Gasteiger partial charge in [-0.1, -0.05) is 25.2 Å². The third-order valence-corrected chi connectivity index (χ3v) is 4.59. The SMILES string of the molecule is CC(C)c1nnc(N2CCN(c3ncccn3)CC2)s1. The van der Waals surface area contributed by atoms with Gasteiger partial charge in [0, 0.05) is 44.5 Å². The molecule has 1 saturated heterocycles. The van der Waals surface area contributed by atoms with Crippen LogP contribution in [-0.2, 0) is 0 Å². The van der Waals surface area contributed by atoms with Gasteiger partial charge < -0.3 is 9.80 Å². The van der Waals surface area contributed by atoms with Gasteiger partial charge in [0.25, 0.3) is 0 Å². The van der Waals surface area contributed by atoms with Crippen LogP contribution in [0.2, 0.25) is 0 Å². The van der Waals surface area contributed by atoms with Gasteiger partial charge in [-0.05, 0) is 6.07 Å². The minimum Gasteiger partial charge on any atom is -0.343 e. The van der Waals surface area contributed by atoms with E-state index in [0.717, 1.165) is 42.3 Å². The number of anilines is 2. The summed E-state index contributed by atoms with van der Waals surface area (Å²) in [7, 11) is 0. The Labute approximate surface area is 122 Å². The topological polar surface area (TPSA) is 58.0 Å². The zero-order valence-corrected chi connectivity index (χ0v) is 12.5. The van der Waals surface area contributed by atoms with E-state index in [2.05, 4.69) is 43.8 Å². The lowest BCUT2D eigenvalue weighted by Gasteiger charge is -2.34. The van der Waals surface area contributed by atoms with Crippen LogP contribution in [0.25, 0.3) is 0 Å². The van der Waals surface area contributed by atoms with E-state index in [-0.39, 0.29) is 0 Å². The molecule has 2 aromatic heterocycles. The van der Waals surface area contributed by atoms with Crippen molar-refractivity contribution < 1.29 is 0 Å². The summed E-state index contributed by atoms with van der Waals surface area (Å²) in [5, 5.41) is 10.7. The molecule has 0 bridgehead atoms. The summed E-state index contributed by atoms with van der Waals surface area (Å²) in [6, 6.07) is 1.84. The van der Waals surface area contributed by atoms with Gasteiger partial charge in [0.1, 0.15) is 5.01 Å². The molecule has 0 N–H and O–H groups in total. The minimum atomic E-state index is 0.445. The van der Waals surface area contributed by atoms with E-state index in [4.69, 9.17) is 0 Å². The average molecular weight is 290 g/mol. The molecule has 0 atom stereocenters. The fourth-order valence-electron chi connectivity index (χ4n) is 2.14. The van der Waals surface area contributed by atoms with Gasteiger partial charge in [-0.2, -0.15) is 0 Å². The van der Waals surface area contributed by atoms with Crippen molar-refractivity contribution in [3.63, 3.8) is 0 Å². The highest BCUT2D eigenvalue weighted by atomic mass is 32.1. The molecule has 106 valence electrons. The lowest BCUT2D eigenvalue weighted by Crippen LogP contribution is -2.47. The zero-order valence-electron chi connectivity index (χ0n) is 11.7. The first-order valence-electron chi connectivity index (χ1n) is 6.84. The molecule has 0 unspecified atom stereocenters. The monoisotopic (exact) mass is 290 g/mol. The van der Waals surface area contributed by atoms with Gasteiger partial charge in [-0.25, -0.2) is 9.97 Å². The number of hydrogen-bond donors (Lipinski definition) is 0. The van der Waals surface area contributed by atoms with Gasteiger partial charge >= 0.3 is 0 Å². The van der Waals surface area contributed by atoms with Crippen LogP contribution in [0.3, 0.4) is 0 Å². The van der Waals surface area contributed by atoms with E-state index in [9.17, 15) is 0 Å². The van der Waals surface area contributed by atoms with Crippen LogP contribution in [0, 0.1) is 0 Å². The van der Waals surface area contributed by atoms with Crippen LogP contribution in [0.4, 0.5) is 11.1 Å². The molecule has 0 radical (unpaired) electrons. The smallest absolute Gasteiger partial charge is 0.225 e. The van der Waals surface area contributed by atoms with Crippen molar-refractivity contribution in [2.24, 2.45) is 0 Å². The fourth-order valence-corrected chi connectivity index (χ4v) is 3.04. The summed E-state index contributed by atoms with van der Waals surface area (Å²) in [5.41, 5.74) is 0. The summed E-state index contributed by atoms with van der Waals surface area (Å²) in [6.45, 7) is 8.00. The van der Waals surface area contributed by atoms with Crippen LogP contribution < -0.4 is 9.80 Å². The Morgan fingerprint density at radius 1 is 1.00 bits per heavy atom. The van der Waals surface area contributed by atoms with Gasteiger partial charge in [-0.15, -0.1) is 10.2 Å². The molecule has 6 nitrogen and oxygen atoms in total. The molecular weight excluding hydrogens is 272 g/mol. The number of nitrogens with zero attached hydrogens (tertiary/aromatic N) is 6. The molecule has 0 amide bonds. The summed E-state index contributed by atoms with van der Waals surface area (Å²) >= 11 is 1.70. The first-order chi connectivity index (χ1) is 9.74. The second-order valence-corrected chi connectivity index (χ2v) is 6.09. The largest absolute Gasteiger partial charge is 0.343 e. The summed E-state index contributed by atoms with van der Waals surface area (Å²) < 4.78 is 0. The maximum Gasteiger partial charge on any atom is 0.225 e. The normalized spacial score (nSPS) is 15.9. The molecule has 0 aliphatic carbocycles.